The monoisotopic (exact) mass is 746 g/mol. The molecule has 4 amide bonds. The van der Waals surface area contributed by atoms with Crippen molar-refractivity contribution >= 4 is 39.5 Å². The highest BCUT2D eigenvalue weighted by atomic mass is 32.2. The molecule has 3 aliphatic carbocycles. The first kappa shape index (κ1) is 36.6. The lowest BCUT2D eigenvalue weighted by Crippen LogP contribution is -2.58. The first-order chi connectivity index (χ1) is 25.4. The third-order valence-electron chi connectivity index (χ3n) is 10.9. The minimum atomic E-state index is -3.89. The Balaban J connectivity index is 1.13. The van der Waals surface area contributed by atoms with E-state index in [1.54, 1.807) is 18.7 Å². The summed E-state index contributed by atoms with van der Waals surface area (Å²) in [7, 11) is -3.89. The molecule has 2 heterocycles. The van der Waals surface area contributed by atoms with E-state index in [9.17, 15) is 27.6 Å². The maximum absolute atomic E-state index is 14.3. The fraction of sp³-hybridized carbons (Fsp3) is 0.500. The van der Waals surface area contributed by atoms with Crippen molar-refractivity contribution < 1.29 is 37.3 Å². The fourth-order valence-corrected chi connectivity index (χ4v) is 8.87. The first-order valence-electron chi connectivity index (χ1n) is 18.4. The molecular formula is C38H46N6O8S. The zero-order chi connectivity index (χ0) is 37.5. The molecule has 3 N–H and O–H groups in total. The van der Waals surface area contributed by atoms with Gasteiger partial charge in [-0.1, -0.05) is 73.6 Å². The SMILES string of the molecule is C=C[C@@H]1C[C@@]1(NC(=O)[C@@H]1C[C@@H](ON=C2c3ccccc3-c3ccccc32)CN1C(=O)[C@H](NOC(=O)N1CCCCC1)C(C)C)C(=O)NS(=O)(=O)C1CC1. The first-order valence-corrected chi connectivity index (χ1v) is 19.9. The zero-order valence-corrected chi connectivity index (χ0v) is 30.8. The second-order valence-electron chi connectivity index (χ2n) is 14.9. The van der Waals surface area contributed by atoms with Crippen molar-refractivity contribution in [3.05, 3.63) is 72.3 Å². The number of hydroxylamine groups is 1. The van der Waals surface area contributed by atoms with Crippen molar-refractivity contribution in [2.75, 3.05) is 19.6 Å². The maximum atomic E-state index is 14.3. The van der Waals surface area contributed by atoms with Crippen molar-refractivity contribution in [1.82, 2.24) is 25.3 Å². The highest BCUT2D eigenvalue weighted by Gasteiger charge is 2.62. The summed E-state index contributed by atoms with van der Waals surface area (Å²) < 4.78 is 27.5. The van der Waals surface area contributed by atoms with Gasteiger partial charge in [-0.25, -0.2) is 13.2 Å². The van der Waals surface area contributed by atoms with Crippen molar-refractivity contribution in [3.8, 4) is 11.1 Å². The van der Waals surface area contributed by atoms with Gasteiger partial charge in [0, 0.05) is 36.6 Å². The molecule has 2 saturated carbocycles. The quantitative estimate of drug-likeness (QED) is 0.186. The van der Waals surface area contributed by atoms with Gasteiger partial charge in [0.1, 0.15) is 29.4 Å². The van der Waals surface area contributed by atoms with Crippen LogP contribution in [0.3, 0.4) is 0 Å². The van der Waals surface area contributed by atoms with Gasteiger partial charge in [0.15, 0.2) is 0 Å². The predicted molar refractivity (Wildman–Crippen MR) is 195 cm³/mol. The number of hydrogen-bond acceptors (Lipinski definition) is 10. The second kappa shape index (κ2) is 14.6. The molecule has 0 bridgehead atoms. The molecule has 282 valence electrons. The predicted octanol–water partition coefficient (Wildman–Crippen LogP) is 3.23. The molecule has 0 unspecified atom stereocenters. The van der Waals surface area contributed by atoms with E-state index in [1.807, 2.05) is 48.5 Å². The largest absolute Gasteiger partial charge is 0.428 e. The standard InChI is InChI=1S/C38H46N6O8S/c1-4-24-21-38(24,36(47)42-53(49,50)26-16-17-26)39-34(45)31-20-25(51-41-33-29-14-8-6-12-27(29)28-13-7-9-15-30(28)33)22-44(31)35(46)32(23(2)3)40-52-37(48)43-18-10-5-11-19-43/h4,6-9,12-15,23-26,31-32,40H,1,5,10-11,16-22H2,2-3H3,(H,39,45)(H,42,47)/t24-,25-,31+,32-,38+/m1/s1. The Bertz CT molecular complexity index is 1890. The van der Waals surface area contributed by atoms with E-state index in [0.29, 0.717) is 31.6 Å². The summed E-state index contributed by atoms with van der Waals surface area (Å²) in [5.74, 6) is -2.85. The van der Waals surface area contributed by atoms with Gasteiger partial charge in [-0.3, -0.25) is 19.1 Å². The Morgan fingerprint density at radius 3 is 2.15 bits per heavy atom. The molecule has 0 aromatic heterocycles. The summed E-state index contributed by atoms with van der Waals surface area (Å²) in [5, 5.41) is 6.75. The number of sulfonamides is 1. The van der Waals surface area contributed by atoms with Gasteiger partial charge in [0.25, 0.3) is 5.91 Å². The number of fused-ring (bicyclic) bond motifs is 3. The molecule has 53 heavy (non-hydrogen) atoms. The third kappa shape index (κ3) is 7.28. The summed E-state index contributed by atoms with van der Waals surface area (Å²) >= 11 is 0. The van der Waals surface area contributed by atoms with Crippen LogP contribution in [0.15, 0.2) is 66.3 Å². The van der Waals surface area contributed by atoms with Crippen molar-refractivity contribution in [1.29, 1.82) is 0 Å². The highest BCUT2D eigenvalue weighted by molar-refractivity contribution is 7.91. The van der Waals surface area contributed by atoms with Crippen molar-refractivity contribution in [2.24, 2.45) is 17.0 Å². The number of oxime groups is 1. The molecular weight excluding hydrogens is 701 g/mol. The van der Waals surface area contributed by atoms with Crippen LogP contribution in [0.5, 0.6) is 0 Å². The van der Waals surface area contributed by atoms with Gasteiger partial charge in [0.2, 0.25) is 21.8 Å². The molecule has 0 radical (unpaired) electrons. The van der Waals surface area contributed by atoms with Crippen LogP contribution in [-0.4, -0.2) is 96.4 Å². The van der Waals surface area contributed by atoms with E-state index in [1.165, 1.54) is 11.0 Å². The molecule has 2 aromatic carbocycles. The number of hydrogen-bond donors (Lipinski definition) is 3. The Morgan fingerprint density at radius 2 is 1.58 bits per heavy atom. The normalized spacial score (nSPS) is 25.2. The number of likely N-dealkylation sites (tertiary alicyclic amines) is 2. The summed E-state index contributed by atoms with van der Waals surface area (Å²) in [6.07, 6.45) is 4.10. The van der Waals surface area contributed by atoms with Crippen LogP contribution in [0.25, 0.3) is 11.1 Å². The molecule has 0 spiro atoms. The molecule has 5 aliphatic rings. The van der Waals surface area contributed by atoms with E-state index in [0.717, 1.165) is 41.5 Å². The van der Waals surface area contributed by atoms with Crippen LogP contribution in [0, 0.1) is 11.8 Å². The number of rotatable bonds is 12. The van der Waals surface area contributed by atoms with Crippen LogP contribution < -0.4 is 15.5 Å². The Hall–Kier alpha value is -4.76. The number of piperidine rings is 1. The number of carbonyl (C=O) groups is 4. The number of amides is 4. The summed E-state index contributed by atoms with van der Waals surface area (Å²) in [6, 6.07) is 13.6. The minimum absolute atomic E-state index is 0.0257. The van der Waals surface area contributed by atoms with Crippen molar-refractivity contribution in [3.63, 3.8) is 0 Å². The molecule has 2 aliphatic heterocycles. The Morgan fingerprint density at radius 1 is 0.962 bits per heavy atom. The van der Waals surface area contributed by atoms with Gasteiger partial charge in [-0.15, -0.1) is 12.1 Å². The molecule has 2 aromatic rings. The smallest absolute Gasteiger partial charge is 0.390 e. The average Bonchev–Trinajstić information content (AvgIpc) is 4.07. The second-order valence-corrected chi connectivity index (χ2v) is 16.9. The van der Waals surface area contributed by atoms with E-state index in [4.69, 9.17) is 9.68 Å². The van der Waals surface area contributed by atoms with Crippen LogP contribution in [-0.2, 0) is 34.1 Å². The lowest BCUT2D eigenvalue weighted by atomic mass is 10.0. The minimum Gasteiger partial charge on any atom is -0.390 e. The van der Waals surface area contributed by atoms with Crippen LogP contribution in [0.2, 0.25) is 0 Å². The lowest BCUT2D eigenvalue weighted by Gasteiger charge is -2.31. The topological polar surface area (TPSA) is 176 Å². The lowest BCUT2D eigenvalue weighted by molar-refractivity contribution is -0.144. The molecule has 4 fully saturated rings. The molecule has 2 saturated heterocycles. The summed E-state index contributed by atoms with van der Waals surface area (Å²) in [5.41, 5.74) is 5.60. The molecule has 5 atom stereocenters. The van der Waals surface area contributed by atoms with E-state index in [2.05, 4.69) is 27.3 Å². The van der Waals surface area contributed by atoms with E-state index in [-0.39, 0.29) is 25.3 Å². The Kier molecular flexibility index (Phi) is 10.1. The molecule has 14 nitrogen and oxygen atoms in total. The Labute approximate surface area is 309 Å². The maximum Gasteiger partial charge on any atom is 0.428 e. The van der Waals surface area contributed by atoms with E-state index < -0.39 is 68.7 Å². The highest BCUT2D eigenvalue weighted by Crippen LogP contribution is 2.45. The number of carbonyl (C=O) groups excluding carboxylic acids is 4. The van der Waals surface area contributed by atoms with Gasteiger partial charge in [-0.05, 0) is 55.6 Å². The number of benzene rings is 2. The molecule has 7 rings (SSSR count). The number of nitrogens with one attached hydrogen (secondary N) is 3. The fourth-order valence-electron chi connectivity index (χ4n) is 7.51. The van der Waals surface area contributed by atoms with Gasteiger partial charge in [-0.2, -0.15) is 0 Å². The van der Waals surface area contributed by atoms with Crippen LogP contribution in [0.1, 0.15) is 69.9 Å². The third-order valence-corrected chi connectivity index (χ3v) is 12.7. The van der Waals surface area contributed by atoms with E-state index >= 15 is 0 Å². The average molecular weight is 747 g/mol. The summed E-state index contributed by atoms with van der Waals surface area (Å²) in [6.45, 7) is 8.47. The molecule has 15 heteroatoms. The zero-order valence-electron chi connectivity index (χ0n) is 30.0. The van der Waals surface area contributed by atoms with Crippen LogP contribution >= 0.6 is 0 Å². The van der Waals surface area contributed by atoms with Gasteiger partial charge < -0.3 is 24.8 Å². The number of nitrogens with zero attached hydrogens (tertiary/aromatic N) is 3. The summed E-state index contributed by atoms with van der Waals surface area (Å²) in [4.78, 5) is 69.4. The van der Waals surface area contributed by atoms with Gasteiger partial charge in [0.05, 0.1) is 11.8 Å². The van der Waals surface area contributed by atoms with Crippen LogP contribution in [0.4, 0.5) is 4.79 Å². The van der Waals surface area contributed by atoms with Crippen molar-refractivity contribution in [2.45, 2.75) is 87.8 Å². The van der Waals surface area contributed by atoms with Gasteiger partial charge >= 0.3 is 6.09 Å².